The van der Waals surface area contributed by atoms with Gasteiger partial charge in [-0.05, 0) is 32.8 Å². The maximum atomic E-state index is 4.84. The summed E-state index contributed by atoms with van der Waals surface area (Å²) in [4.78, 5) is 24.9. The number of anilines is 1. The van der Waals surface area contributed by atoms with E-state index in [1.165, 1.54) is 0 Å². The van der Waals surface area contributed by atoms with Crippen LogP contribution in [0.4, 0.5) is 5.82 Å². The summed E-state index contributed by atoms with van der Waals surface area (Å²) in [5.41, 5.74) is 2.78. The van der Waals surface area contributed by atoms with Gasteiger partial charge in [-0.25, -0.2) is 24.9 Å². The number of rotatable bonds is 3. The first kappa shape index (κ1) is 15.7. The van der Waals surface area contributed by atoms with Crippen molar-refractivity contribution in [2.75, 3.05) is 11.4 Å². The predicted octanol–water partition coefficient (Wildman–Crippen LogP) is 2.63. The molecular weight excluding hydrogens is 314 g/mol. The first-order chi connectivity index (χ1) is 12.1. The van der Waals surface area contributed by atoms with Gasteiger partial charge in [0.25, 0.3) is 0 Å². The smallest absolute Gasteiger partial charge is 0.158 e. The van der Waals surface area contributed by atoms with Crippen molar-refractivity contribution in [2.24, 2.45) is 7.05 Å². The number of aromatic nitrogens is 6. The fraction of sp³-hybridized carbons (Fsp3) is 0.389. The molecule has 3 aromatic rings. The van der Waals surface area contributed by atoms with Crippen LogP contribution in [0.5, 0.6) is 0 Å². The van der Waals surface area contributed by atoms with Crippen molar-refractivity contribution in [1.82, 2.24) is 29.5 Å². The van der Waals surface area contributed by atoms with Crippen LogP contribution in [-0.2, 0) is 7.05 Å². The van der Waals surface area contributed by atoms with Crippen molar-refractivity contribution in [3.8, 4) is 11.5 Å². The van der Waals surface area contributed by atoms with Gasteiger partial charge in [0.1, 0.15) is 17.8 Å². The first-order valence-corrected chi connectivity index (χ1v) is 8.50. The minimum absolute atomic E-state index is 0.133. The molecule has 0 aliphatic carbocycles. The van der Waals surface area contributed by atoms with E-state index < -0.39 is 0 Å². The van der Waals surface area contributed by atoms with Gasteiger partial charge in [-0.15, -0.1) is 0 Å². The monoisotopic (exact) mass is 335 g/mol. The number of hydrogen-bond acceptors (Lipinski definition) is 6. The molecule has 7 nitrogen and oxygen atoms in total. The highest BCUT2D eigenvalue weighted by molar-refractivity contribution is 5.51. The van der Waals surface area contributed by atoms with Gasteiger partial charge in [0, 0.05) is 43.4 Å². The molecule has 3 aromatic heterocycles. The minimum Gasteiger partial charge on any atom is -0.346 e. The van der Waals surface area contributed by atoms with Crippen molar-refractivity contribution in [3.05, 3.63) is 48.1 Å². The van der Waals surface area contributed by atoms with Crippen LogP contribution in [0.15, 0.2) is 30.9 Å². The Morgan fingerprint density at radius 1 is 1.04 bits per heavy atom. The molecule has 1 saturated heterocycles. The number of hydrogen-bond donors (Lipinski definition) is 0. The van der Waals surface area contributed by atoms with Gasteiger partial charge in [-0.2, -0.15) is 0 Å². The summed E-state index contributed by atoms with van der Waals surface area (Å²) in [7, 11) is 1.98. The molecule has 1 aliphatic rings. The molecule has 7 heteroatoms. The van der Waals surface area contributed by atoms with Crippen LogP contribution in [0.2, 0.25) is 0 Å². The molecular formula is C18H21N7. The summed E-state index contributed by atoms with van der Waals surface area (Å²) in [6.07, 6.45) is 7.46. The van der Waals surface area contributed by atoms with Crippen LogP contribution in [0.3, 0.4) is 0 Å². The normalized spacial score (nSPS) is 17.2. The Morgan fingerprint density at radius 3 is 2.68 bits per heavy atom. The number of aryl methyl sites for hydroxylation is 3. The molecule has 1 atom stereocenters. The third-order valence-corrected chi connectivity index (χ3v) is 4.56. The minimum atomic E-state index is 0.133. The lowest BCUT2D eigenvalue weighted by Gasteiger charge is -2.25. The second-order valence-corrected chi connectivity index (χ2v) is 6.48. The van der Waals surface area contributed by atoms with E-state index in [2.05, 4.69) is 19.9 Å². The van der Waals surface area contributed by atoms with Gasteiger partial charge in [0.05, 0.1) is 6.04 Å². The first-order valence-electron chi connectivity index (χ1n) is 8.50. The molecule has 4 heterocycles. The molecule has 0 N–H and O–H groups in total. The Hall–Kier alpha value is -2.83. The van der Waals surface area contributed by atoms with E-state index in [1.807, 2.05) is 43.8 Å². The Balaban J connectivity index is 1.73. The van der Waals surface area contributed by atoms with Gasteiger partial charge >= 0.3 is 0 Å². The largest absolute Gasteiger partial charge is 0.346 e. The molecule has 1 fully saturated rings. The SMILES string of the molecule is Cc1cc(N2CCC[C@@H]2c2nc(C)cc(-c3nccn3C)n2)ncn1. The Labute approximate surface area is 146 Å². The lowest BCUT2D eigenvalue weighted by atomic mass is 10.2. The quantitative estimate of drug-likeness (QED) is 0.732. The van der Waals surface area contributed by atoms with E-state index in [9.17, 15) is 0 Å². The predicted molar refractivity (Wildman–Crippen MR) is 95.1 cm³/mol. The number of nitrogens with zero attached hydrogens (tertiary/aromatic N) is 7. The van der Waals surface area contributed by atoms with Crippen LogP contribution < -0.4 is 4.90 Å². The zero-order valence-corrected chi connectivity index (χ0v) is 14.7. The third kappa shape index (κ3) is 2.97. The van der Waals surface area contributed by atoms with Crippen LogP contribution in [-0.4, -0.2) is 36.0 Å². The molecule has 1 aliphatic heterocycles. The lowest BCUT2D eigenvalue weighted by Crippen LogP contribution is -2.25. The standard InChI is InChI=1S/C18H21N7/c1-12-10-16(21-11-20-12)25-7-4-5-15(25)17-22-13(2)9-14(23-17)18-19-6-8-24(18)3/h6,8-11,15H,4-5,7H2,1-3H3/t15-/m1/s1. The van der Waals surface area contributed by atoms with Crippen LogP contribution >= 0.6 is 0 Å². The van der Waals surface area contributed by atoms with E-state index >= 15 is 0 Å². The molecule has 0 amide bonds. The molecule has 0 saturated carbocycles. The van der Waals surface area contributed by atoms with Crippen molar-refractivity contribution in [3.63, 3.8) is 0 Å². The molecule has 0 spiro atoms. The molecule has 128 valence electrons. The van der Waals surface area contributed by atoms with Gasteiger partial charge in [-0.1, -0.05) is 0 Å². The van der Waals surface area contributed by atoms with Gasteiger partial charge < -0.3 is 9.47 Å². The van der Waals surface area contributed by atoms with Crippen molar-refractivity contribution >= 4 is 5.82 Å². The van der Waals surface area contributed by atoms with Crippen molar-refractivity contribution in [2.45, 2.75) is 32.7 Å². The average Bonchev–Trinajstić information content (AvgIpc) is 3.23. The zero-order chi connectivity index (χ0) is 17.4. The summed E-state index contributed by atoms with van der Waals surface area (Å²) in [6.45, 7) is 4.94. The maximum absolute atomic E-state index is 4.84. The van der Waals surface area contributed by atoms with Crippen molar-refractivity contribution in [1.29, 1.82) is 0 Å². The van der Waals surface area contributed by atoms with Gasteiger partial charge in [0.15, 0.2) is 11.6 Å². The second-order valence-electron chi connectivity index (χ2n) is 6.48. The van der Waals surface area contributed by atoms with E-state index in [1.54, 1.807) is 12.5 Å². The summed E-state index contributed by atoms with van der Waals surface area (Å²) in [5, 5.41) is 0. The average molecular weight is 335 g/mol. The fourth-order valence-corrected chi connectivity index (χ4v) is 3.37. The third-order valence-electron chi connectivity index (χ3n) is 4.56. The topological polar surface area (TPSA) is 72.6 Å². The molecule has 0 unspecified atom stereocenters. The number of imidazole rings is 1. The Bertz CT molecular complexity index is 902. The highest BCUT2D eigenvalue weighted by Gasteiger charge is 2.30. The molecule has 25 heavy (non-hydrogen) atoms. The zero-order valence-electron chi connectivity index (χ0n) is 14.7. The Morgan fingerprint density at radius 2 is 1.92 bits per heavy atom. The molecule has 0 radical (unpaired) electrons. The molecule has 0 aromatic carbocycles. The van der Waals surface area contributed by atoms with Crippen LogP contribution in [0.25, 0.3) is 11.5 Å². The summed E-state index contributed by atoms with van der Waals surface area (Å²) >= 11 is 0. The van der Waals surface area contributed by atoms with Gasteiger partial charge in [-0.3, -0.25) is 0 Å². The van der Waals surface area contributed by atoms with Crippen LogP contribution in [0.1, 0.15) is 36.1 Å². The Kier molecular flexibility index (Phi) is 3.91. The van der Waals surface area contributed by atoms with E-state index in [0.29, 0.717) is 0 Å². The van der Waals surface area contributed by atoms with Crippen molar-refractivity contribution < 1.29 is 0 Å². The maximum Gasteiger partial charge on any atom is 0.158 e. The second kappa shape index (κ2) is 6.23. The lowest BCUT2D eigenvalue weighted by molar-refractivity contribution is 0.656. The summed E-state index contributed by atoms with van der Waals surface area (Å²) in [6, 6.07) is 4.14. The molecule has 0 bridgehead atoms. The van der Waals surface area contributed by atoms with Crippen LogP contribution in [0, 0.1) is 13.8 Å². The highest BCUT2D eigenvalue weighted by atomic mass is 15.3. The van der Waals surface area contributed by atoms with Gasteiger partial charge in [0.2, 0.25) is 0 Å². The van der Waals surface area contributed by atoms with E-state index in [-0.39, 0.29) is 6.04 Å². The fourth-order valence-electron chi connectivity index (χ4n) is 3.37. The molecule has 4 rings (SSSR count). The van der Waals surface area contributed by atoms with E-state index in [4.69, 9.17) is 9.97 Å². The highest BCUT2D eigenvalue weighted by Crippen LogP contribution is 2.34. The summed E-state index contributed by atoms with van der Waals surface area (Å²) < 4.78 is 1.98. The van der Waals surface area contributed by atoms with E-state index in [0.717, 1.165) is 53.9 Å². The summed E-state index contributed by atoms with van der Waals surface area (Å²) in [5.74, 6) is 2.64.